The first-order valence-electron chi connectivity index (χ1n) is 10.3. The van der Waals surface area contributed by atoms with E-state index in [1.165, 1.54) is 11.6 Å². The van der Waals surface area contributed by atoms with Gasteiger partial charge in [-0.3, -0.25) is 14.7 Å². The van der Waals surface area contributed by atoms with E-state index in [9.17, 15) is 4.39 Å². The monoisotopic (exact) mass is 411 g/mol. The quantitative estimate of drug-likeness (QED) is 0.464. The summed E-state index contributed by atoms with van der Waals surface area (Å²) in [6.45, 7) is 2.63. The highest BCUT2D eigenvalue weighted by Gasteiger charge is 2.28. The van der Waals surface area contributed by atoms with Gasteiger partial charge in [-0.1, -0.05) is 43.3 Å². The lowest BCUT2D eigenvalue weighted by atomic mass is 10.1. The molecular formula is C25H22FN5. The minimum absolute atomic E-state index is 0.277. The zero-order valence-corrected chi connectivity index (χ0v) is 17.5. The second-order valence-electron chi connectivity index (χ2n) is 7.47. The van der Waals surface area contributed by atoms with Crippen molar-refractivity contribution >= 4 is 11.5 Å². The summed E-state index contributed by atoms with van der Waals surface area (Å²) in [4.78, 5) is 13.6. The summed E-state index contributed by atoms with van der Waals surface area (Å²) in [6.07, 6.45) is 4.48. The van der Waals surface area contributed by atoms with E-state index in [4.69, 9.17) is 4.99 Å². The number of amidine groups is 1. The molecule has 2 aromatic carbocycles. The van der Waals surface area contributed by atoms with Crippen molar-refractivity contribution in [2.45, 2.75) is 13.3 Å². The first-order valence-corrected chi connectivity index (χ1v) is 10.3. The van der Waals surface area contributed by atoms with Crippen molar-refractivity contribution in [2.24, 2.45) is 17.0 Å². The fraction of sp³-hybridized carbons (Fsp3) is 0.160. The number of halogens is 1. The third-order valence-electron chi connectivity index (χ3n) is 5.61. The maximum Gasteiger partial charge on any atom is 0.155 e. The highest BCUT2D eigenvalue weighted by Crippen LogP contribution is 2.33. The normalized spacial score (nSPS) is 13.4. The average Bonchev–Trinajstić information content (AvgIpc) is 3.28. The standard InChI is InChI=1S/C25H22FN5/c1-3-17-8-10-19(11-9-17)25-28-16-21(29-25)24-23(18-12-14-27-15-13-18)31(30(24)2)22-7-5-4-6-20(22)26/h4-15H,3,16H2,1-2H3. The molecule has 1 aliphatic heterocycles. The molecule has 1 aliphatic rings. The van der Waals surface area contributed by atoms with Crippen LogP contribution in [0.2, 0.25) is 0 Å². The Hall–Kier alpha value is -3.80. The van der Waals surface area contributed by atoms with E-state index < -0.39 is 0 Å². The average molecular weight is 411 g/mol. The molecule has 4 aromatic rings. The molecule has 6 heteroatoms. The minimum Gasteiger partial charge on any atom is -0.280 e. The first-order chi connectivity index (χ1) is 15.2. The molecule has 3 heterocycles. The van der Waals surface area contributed by atoms with Gasteiger partial charge in [-0.2, -0.15) is 0 Å². The van der Waals surface area contributed by atoms with Gasteiger partial charge in [0.15, 0.2) is 5.84 Å². The Kier molecular flexibility index (Phi) is 4.82. The van der Waals surface area contributed by atoms with Gasteiger partial charge < -0.3 is 0 Å². The number of rotatable bonds is 5. The van der Waals surface area contributed by atoms with Crippen molar-refractivity contribution in [1.82, 2.24) is 14.3 Å². The number of nitrogens with zero attached hydrogens (tertiary/aromatic N) is 5. The Bertz CT molecular complexity index is 1290. The van der Waals surface area contributed by atoms with Gasteiger partial charge in [0.25, 0.3) is 0 Å². The van der Waals surface area contributed by atoms with Crippen LogP contribution in [0.15, 0.2) is 83.0 Å². The second-order valence-corrected chi connectivity index (χ2v) is 7.47. The molecule has 5 nitrogen and oxygen atoms in total. The lowest BCUT2D eigenvalue weighted by Gasteiger charge is -2.30. The van der Waals surface area contributed by atoms with Gasteiger partial charge in [-0.25, -0.2) is 14.1 Å². The number of pyridine rings is 1. The highest BCUT2D eigenvalue weighted by atomic mass is 19.1. The summed E-state index contributed by atoms with van der Waals surface area (Å²) in [7, 11) is 1.92. The van der Waals surface area contributed by atoms with Crippen LogP contribution in [0.5, 0.6) is 0 Å². The molecule has 31 heavy (non-hydrogen) atoms. The highest BCUT2D eigenvalue weighted by molar-refractivity contribution is 6.18. The molecule has 0 amide bonds. The van der Waals surface area contributed by atoms with E-state index in [1.807, 2.05) is 34.6 Å². The molecule has 0 aliphatic carbocycles. The Morgan fingerprint density at radius 3 is 2.35 bits per heavy atom. The van der Waals surface area contributed by atoms with Gasteiger partial charge in [0.1, 0.15) is 11.5 Å². The number of benzene rings is 2. The van der Waals surface area contributed by atoms with Crippen LogP contribution in [0, 0.1) is 5.82 Å². The zero-order chi connectivity index (χ0) is 21.4. The molecule has 0 N–H and O–H groups in total. The van der Waals surface area contributed by atoms with Crippen molar-refractivity contribution in [3.8, 4) is 16.9 Å². The van der Waals surface area contributed by atoms with Crippen LogP contribution in [0.25, 0.3) is 16.9 Å². The number of hydrogen-bond donors (Lipinski definition) is 0. The summed E-state index contributed by atoms with van der Waals surface area (Å²) < 4.78 is 18.4. The maximum absolute atomic E-state index is 14.6. The van der Waals surface area contributed by atoms with Crippen molar-refractivity contribution in [3.63, 3.8) is 0 Å². The largest absolute Gasteiger partial charge is 0.280 e. The van der Waals surface area contributed by atoms with Gasteiger partial charge in [-0.05, 0) is 36.2 Å². The molecule has 0 atom stereocenters. The first kappa shape index (κ1) is 19.2. The summed E-state index contributed by atoms with van der Waals surface area (Å²) in [5, 5.41) is 0. The SMILES string of the molecule is CCc1ccc(C2=NCC(c3c(-c4ccncc4)n(-c4ccccc4F)n3C)=N2)cc1. The molecule has 2 aromatic heterocycles. The summed E-state index contributed by atoms with van der Waals surface area (Å²) in [5.74, 6) is 0.457. The third-order valence-corrected chi connectivity index (χ3v) is 5.61. The Balaban J connectivity index is 1.59. The number of aromatic nitrogens is 3. The fourth-order valence-electron chi connectivity index (χ4n) is 3.98. The van der Waals surface area contributed by atoms with E-state index in [0.717, 1.165) is 40.5 Å². The molecule has 0 saturated heterocycles. The van der Waals surface area contributed by atoms with Crippen molar-refractivity contribution in [3.05, 3.63) is 95.7 Å². The molecule has 0 saturated carbocycles. The van der Waals surface area contributed by atoms with Gasteiger partial charge in [0.2, 0.25) is 0 Å². The van der Waals surface area contributed by atoms with Crippen LogP contribution in [-0.4, -0.2) is 32.4 Å². The smallest absolute Gasteiger partial charge is 0.155 e. The van der Waals surface area contributed by atoms with E-state index >= 15 is 0 Å². The van der Waals surface area contributed by atoms with Crippen molar-refractivity contribution < 1.29 is 4.39 Å². The van der Waals surface area contributed by atoms with Gasteiger partial charge >= 0.3 is 0 Å². The predicted octanol–water partition coefficient (Wildman–Crippen LogP) is 4.83. The molecule has 0 fully saturated rings. The third kappa shape index (κ3) is 3.30. The van der Waals surface area contributed by atoms with Crippen LogP contribution in [0.3, 0.4) is 0 Å². The second kappa shape index (κ2) is 7.80. The van der Waals surface area contributed by atoms with Crippen LogP contribution in [0.1, 0.15) is 23.7 Å². The van der Waals surface area contributed by atoms with Crippen molar-refractivity contribution in [1.29, 1.82) is 0 Å². The number of aryl methyl sites for hydroxylation is 1. The van der Waals surface area contributed by atoms with E-state index in [1.54, 1.807) is 24.5 Å². The minimum atomic E-state index is -0.277. The van der Waals surface area contributed by atoms with Crippen LogP contribution in [0.4, 0.5) is 4.39 Å². The Labute approximate surface area is 180 Å². The van der Waals surface area contributed by atoms with E-state index in [0.29, 0.717) is 12.2 Å². The topological polar surface area (TPSA) is 47.5 Å². The van der Waals surface area contributed by atoms with Gasteiger partial charge in [-0.15, -0.1) is 0 Å². The maximum atomic E-state index is 14.6. The lowest BCUT2D eigenvalue weighted by Crippen LogP contribution is -2.30. The molecular weight excluding hydrogens is 389 g/mol. The summed E-state index contributed by atoms with van der Waals surface area (Å²) in [6, 6.07) is 19.0. The van der Waals surface area contributed by atoms with Gasteiger partial charge in [0.05, 0.1) is 23.6 Å². The fourth-order valence-corrected chi connectivity index (χ4v) is 3.98. The Morgan fingerprint density at radius 1 is 0.903 bits per heavy atom. The van der Waals surface area contributed by atoms with E-state index in [2.05, 4.69) is 41.2 Å². The molecule has 0 unspecified atom stereocenters. The predicted molar refractivity (Wildman–Crippen MR) is 122 cm³/mol. The summed E-state index contributed by atoms with van der Waals surface area (Å²) >= 11 is 0. The molecule has 5 rings (SSSR count). The number of para-hydroxylation sites is 1. The molecule has 0 radical (unpaired) electrons. The lowest BCUT2D eigenvalue weighted by molar-refractivity contribution is 0.547. The van der Waals surface area contributed by atoms with Crippen molar-refractivity contribution in [2.75, 3.05) is 6.54 Å². The van der Waals surface area contributed by atoms with Crippen LogP contribution >= 0.6 is 0 Å². The van der Waals surface area contributed by atoms with Crippen LogP contribution < -0.4 is 0 Å². The van der Waals surface area contributed by atoms with Gasteiger partial charge in [0, 0.05) is 30.6 Å². The molecule has 154 valence electrons. The molecule has 0 spiro atoms. The molecule has 0 bridgehead atoms. The number of aliphatic imine (C=N–C) groups is 2. The number of hydrogen-bond acceptors (Lipinski definition) is 3. The van der Waals surface area contributed by atoms with Crippen LogP contribution in [-0.2, 0) is 13.5 Å². The van der Waals surface area contributed by atoms with E-state index in [-0.39, 0.29) is 5.82 Å². The zero-order valence-electron chi connectivity index (χ0n) is 17.5. The Morgan fingerprint density at radius 2 is 1.65 bits per heavy atom. The summed E-state index contributed by atoms with van der Waals surface area (Å²) in [5.41, 5.74) is 6.45.